The van der Waals surface area contributed by atoms with Gasteiger partial charge in [-0.2, -0.15) is 0 Å². The molecule has 0 aliphatic rings. The van der Waals surface area contributed by atoms with Crippen LogP contribution in [0.15, 0.2) is 30.5 Å². The molecule has 0 N–H and O–H groups in total. The van der Waals surface area contributed by atoms with E-state index in [-0.39, 0.29) is 12.4 Å². The predicted octanol–water partition coefficient (Wildman–Crippen LogP) is 4.04. The maximum Gasteiger partial charge on any atom is 0.416 e. The topological polar surface area (TPSA) is 59.5 Å². The Kier molecular flexibility index (Phi) is 5.10. The van der Waals surface area contributed by atoms with Crippen molar-refractivity contribution in [1.82, 2.24) is 4.98 Å². The molecule has 7 heteroatoms. The second-order valence-corrected chi connectivity index (χ2v) is 6.90. The summed E-state index contributed by atoms with van der Waals surface area (Å²) in [5.74, 6) is -0.352. The molecule has 0 unspecified atom stereocenters. The molecular weight excluding hydrogens is 319 g/mol. The molecular formula is C16H17FN2O3S. The predicted molar refractivity (Wildman–Crippen MR) is 86.3 cm³/mol. The first-order valence-electron chi connectivity index (χ1n) is 6.94. The van der Waals surface area contributed by atoms with E-state index in [9.17, 15) is 14.0 Å². The van der Waals surface area contributed by atoms with E-state index in [1.807, 2.05) is 0 Å². The number of nitrogens with zero attached hydrogens (tertiary/aromatic N) is 2. The molecule has 0 spiro atoms. The van der Waals surface area contributed by atoms with E-state index in [1.54, 1.807) is 32.9 Å². The van der Waals surface area contributed by atoms with Gasteiger partial charge in [-0.05, 0) is 38.5 Å². The van der Waals surface area contributed by atoms with Gasteiger partial charge in [-0.1, -0.05) is 23.5 Å². The minimum Gasteiger partial charge on any atom is -0.443 e. The zero-order chi connectivity index (χ0) is 17.0. The summed E-state index contributed by atoms with van der Waals surface area (Å²) in [4.78, 5) is 29.1. The molecule has 0 saturated heterocycles. The van der Waals surface area contributed by atoms with Crippen molar-refractivity contribution in [1.29, 1.82) is 0 Å². The Morgan fingerprint density at radius 3 is 2.52 bits per heavy atom. The molecule has 5 nitrogen and oxygen atoms in total. The fourth-order valence-electron chi connectivity index (χ4n) is 1.76. The molecule has 2 rings (SSSR count). The Morgan fingerprint density at radius 2 is 2.00 bits per heavy atom. The van der Waals surface area contributed by atoms with Crippen LogP contribution in [0.5, 0.6) is 0 Å². The first-order valence-corrected chi connectivity index (χ1v) is 7.76. The number of hydrogen-bond acceptors (Lipinski definition) is 5. The van der Waals surface area contributed by atoms with Gasteiger partial charge in [0.05, 0.1) is 17.6 Å². The van der Waals surface area contributed by atoms with Crippen LogP contribution >= 0.6 is 11.3 Å². The average molecular weight is 336 g/mol. The lowest BCUT2D eigenvalue weighted by atomic mass is 10.2. The second kappa shape index (κ2) is 6.87. The molecule has 2 aromatic rings. The fraction of sp³-hybridized carbons (Fsp3) is 0.312. The number of anilines is 1. The van der Waals surface area contributed by atoms with E-state index in [0.29, 0.717) is 16.3 Å². The second-order valence-electron chi connectivity index (χ2n) is 5.86. The van der Waals surface area contributed by atoms with Gasteiger partial charge in [0, 0.05) is 0 Å². The summed E-state index contributed by atoms with van der Waals surface area (Å²) in [6.45, 7) is 5.46. The highest BCUT2D eigenvalue weighted by Gasteiger charge is 2.25. The van der Waals surface area contributed by atoms with Crippen molar-refractivity contribution in [3.63, 3.8) is 0 Å². The van der Waals surface area contributed by atoms with Gasteiger partial charge in [0.2, 0.25) is 0 Å². The Labute approximate surface area is 137 Å². The van der Waals surface area contributed by atoms with Crippen molar-refractivity contribution in [3.05, 3.63) is 46.7 Å². The van der Waals surface area contributed by atoms with E-state index < -0.39 is 11.7 Å². The number of rotatable bonds is 4. The summed E-state index contributed by atoms with van der Waals surface area (Å²) in [6, 6.07) is 5.81. The van der Waals surface area contributed by atoms with E-state index in [2.05, 4.69) is 4.98 Å². The largest absolute Gasteiger partial charge is 0.443 e. The van der Waals surface area contributed by atoms with Crippen LogP contribution in [-0.2, 0) is 11.3 Å². The lowest BCUT2D eigenvalue weighted by Gasteiger charge is -2.25. The van der Waals surface area contributed by atoms with Crippen molar-refractivity contribution < 1.29 is 18.7 Å². The number of aromatic nitrogens is 1. The van der Waals surface area contributed by atoms with Crippen molar-refractivity contribution in [3.8, 4) is 0 Å². The molecule has 1 aromatic heterocycles. The molecule has 0 bridgehead atoms. The van der Waals surface area contributed by atoms with E-state index in [4.69, 9.17) is 4.74 Å². The van der Waals surface area contributed by atoms with E-state index >= 15 is 0 Å². The maximum atomic E-state index is 13.0. The van der Waals surface area contributed by atoms with Crippen LogP contribution in [0.25, 0.3) is 0 Å². The van der Waals surface area contributed by atoms with Gasteiger partial charge in [-0.15, -0.1) is 0 Å². The molecule has 0 radical (unpaired) electrons. The van der Waals surface area contributed by atoms with Gasteiger partial charge in [-0.25, -0.2) is 19.1 Å². The number of hydrogen-bond donors (Lipinski definition) is 0. The zero-order valence-electron chi connectivity index (χ0n) is 13.1. The molecule has 0 aliphatic carbocycles. The monoisotopic (exact) mass is 336 g/mol. The minimum atomic E-state index is -0.664. The van der Waals surface area contributed by atoms with Gasteiger partial charge in [0.15, 0.2) is 11.4 Å². The van der Waals surface area contributed by atoms with Gasteiger partial charge in [0.25, 0.3) is 0 Å². The van der Waals surface area contributed by atoms with Gasteiger partial charge in [0.1, 0.15) is 11.4 Å². The summed E-state index contributed by atoms with van der Waals surface area (Å²) in [7, 11) is 0. The molecule has 1 heterocycles. The van der Waals surface area contributed by atoms with Crippen LogP contribution in [0.3, 0.4) is 0 Å². The molecule has 0 saturated carbocycles. The minimum absolute atomic E-state index is 0.168. The number of amides is 1. The van der Waals surface area contributed by atoms with Gasteiger partial charge < -0.3 is 4.74 Å². The van der Waals surface area contributed by atoms with Crippen LogP contribution in [0.4, 0.5) is 14.3 Å². The standard InChI is InChI=1S/C16H17FN2O3S/c1-16(2,3)22-15(21)19(14-18-8-13(10-20)23-14)9-11-4-6-12(17)7-5-11/h4-8,10H,9H2,1-3H3. The van der Waals surface area contributed by atoms with Crippen LogP contribution in [0.2, 0.25) is 0 Å². The third-order valence-corrected chi connectivity index (χ3v) is 3.67. The summed E-state index contributed by atoms with van der Waals surface area (Å²) < 4.78 is 18.4. The Morgan fingerprint density at radius 1 is 1.35 bits per heavy atom. The summed E-state index contributed by atoms with van der Waals surface area (Å²) in [6.07, 6.45) is 1.50. The quantitative estimate of drug-likeness (QED) is 0.791. The highest BCUT2D eigenvalue weighted by atomic mass is 32.1. The zero-order valence-corrected chi connectivity index (χ0v) is 13.9. The first-order chi connectivity index (χ1) is 10.8. The van der Waals surface area contributed by atoms with Crippen molar-refractivity contribution in [2.75, 3.05) is 4.90 Å². The highest BCUT2D eigenvalue weighted by molar-refractivity contribution is 7.17. The summed E-state index contributed by atoms with van der Waals surface area (Å²) in [5.41, 5.74) is 0.0585. The number of thiazole rings is 1. The third-order valence-electron chi connectivity index (χ3n) is 2.73. The lowest BCUT2D eigenvalue weighted by molar-refractivity contribution is 0.0577. The maximum absolute atomic E-state index is 13.0. The first kappa shape index (κ1) is 17.1. The number of benzene rings is 1. The fourth-order valence-corrected chi connectivity index (χ4v) is 2.47. The Hall–Kier alpha value is -2.28. The van der Waals surface area contributed by atoms with Crippen molar-refractivity contribution in [2.24, 2.45) is 0 Å². The molecule has 0 aliphatic heterocycles. The molecule has 1 amide bonds. The molecule has 122 valence electrons. The SMILES string of the molecule is CC(C)(C)OC(=O)N(Cc1ccc(F)cc1)c1ncc(C=O)s1. The Bertz CT molecular complexity index is 692. The average Bonchev–Trinajstić information content (AvgIpc) is 2.93. The van der Waals surface area contributed by atoms with Crippen LogP contribution in [-0.4, -0.2) is 23.0 Å². The number of halogens is 1. The van der Waals surface area contributed by atoms with E-state index in [1.165, 1.54) is 23.2 Å². The summed E-state index contributed by atoms with van der Waals surface area (Å²) >= 11 is 1.09. The normalized spacial score (nSPS) is 11.1. The van der Waals surface area contributed by atoms with E-state index in [0.717, 1.165) is 16.9 Å². The number of carbonyl (C=O) groups excluding carboxylic acids is 2. The van der Waals surface area contributed by atoms with Gasteiger partial charge >= 0.3 is 6.09 Å². The number of ether oxygens (including phenoxy) is 1. The molecule has 23 heavy (non-hydrogen) atoms. The van der Waals surface area contributed by atoms with Gasteiger partial charge in [-0.3, -0.25) is 4.79 Å². The van der Waals surface area contributed by atoms with Crippen LogP contribution in [0, 0.1) is 5.82 Å². The molecule has 1 aromatic carbocycles. The lowest BCUT2D eigenvalue weighted by Crippen LogP contribution is -2.36. The third kappa shape index (κ3) is 4.85. The van der Waals surface area contributed by atoms with Crippen LogP contribution < -0.4 is 4.90 Å². The summed E-state index contributed by atoms with van der Waals surface area (Å²) in [5, 5.41) is 0.352. The van der Waals surface area contributed by atoms with Crippen LogP contribution in [0.1, 0.15) is 36.0 Å². The van der Waals surface area contributed by atoms with Crippen molar-refractivity contribution in [2.45, 2.75) is 32.9 Å². The molecule has 0 fully saturated rings. The molecule has 0 atom stereocenters. The Balaban J connectivity index is 2.28. The highest BCUT2D eigenvalue weighted by Crippen LogP contribution is 2.25. The number of carbonyl (C=O) groups is 2. The van der Waals surface area contributed by atoms with Crippen molar-refractivity contribution >= 4 is 28.8 Å². The smallest absolute Gasteiger partial charge is 0.416 e. The number of aldehydes is 1.